The number of benzene rings is 1. The molecule has 136 valence electrons. The van der Waals surface area contributed by atoms with Crippen LogP contribution >= 0.6 is 23.1 Å². The number of nitrogens with zero attached hydrogens (tertiary/aromatic N) is 4. The lowest BCUT2D eigenvalue weighted by Crippen LogP contribution is -2.27. The van der Waals surface area contributed by atoms with Crippen molar-refractivity contribution in [2.45, 2.75) is 11.7 Å². The van der Waals surface area contributed by atoms with E-state index in [4.69, 9.17) is 10.6 Å². The third kappa shape index (κ3) is 4.00. The molecule has 0 aliphatic rings. The Hall–Kier alpha value is -2.52. The van der Waals surface area contributed by atoms with Crippen molar-refractivity contribution in [3.8, 4) is 17.1 Å². The predicted molar refractivity (Wildman–Crippen MR) is 104 cm³/mol. The first-order valence-electron chi connectivity index (χ1n) is 7.83. The van der Waals surface area contributed by atoms with Crippen LogP contribution in [0.4, 0.5) is 0 Å². The highest BCUT2D eigenvalue weighted by atomic mass is 32.2. The van der Waals surface area contributed by atoms with Crippen LogP contribution in [0, 0.1) is 0 Å². The standard InChI is InChI=1S/C17H19N5O2S2/c1-21(10-12-6-5-9-25-12)15(23)11-26-17-20-19-16(22(17)18)13-7-3-4-8-14(13)24-2/h3-9H,10-11,18H2,1-2H3. The van der Waals surface area contributed by atoms with E-state index >= 15 is 0 Å². The summed E-state index contributed by atoms with van der Waals surface area (Å²) in [6.45, 7) is 0.596. The van der Waals surface area contributed by atoms with E-state index in [0.29, 0.717) is 23.3 Å². The molecule has 1 amide bonds. The summed E-state index contributed by atoms with van der Waals surface area (Å²) < 4.78 is 6.72. The summed E-state index contributed by atoms with van der Waals surface area (Å²) in [6, 6.07) is 11.4. The highest BCUT2D eigenvalue weighted by Crippen LogP contribution is 2.29. The van der Waals surface area contributed by atoms with Gasteiger partial charge in [-0.1, -0.05) is 30.0 Å². The zero-order chi connectivity index (χ0) is 18.5. The molecule has 7 nitrogen and oxygen atoms in total. The van der Waals surface area contributed by atoms with Gasteiger partial charge in [0.2, 0.25) is 11.1 Å². The molecule has 2 aromatic heterocycles. The van der Waals surface area contributed by atoms with Crippen molar-refractivity contribution in [3.63, 3.8) is 0 Å². The predicted octanol–water partition coefficient (Wildman–Crippen LogP) is 2.48. The number of aromatic nitrogens is 3. The molecule has 3 aromatic rings. The Labute approximate surface area is 159 Å². The number of thioether (sulfide) groups is 1. The quantitative estimate of drug-likeness (QED) is 0.493. The molecule has 0 aliphatic carbocycles. The van der Waals surface area contributed by atoms with Crippen molar-refractivity contribution in [3.05, 3.63) is 46.7 Å². The number of hydrogen-bond donors (Lipinski definition) is 1. The van der Waals surface area contributed by atoms with E-state index in [1.165, 1.54) is 16.4 Å². The second-order valence-corrected chi connectivity index (χ2v) is 7.47. The number of hydrogen-bond acceptors (Lipinski definition) is 7. The maximum absolute atomic E-state index is 12.3. The maximum Gasteiger partial charge on any atom is 0.233 e. The Morgan fingerprint density at radius 2 is 2.12 bits per heavy atom. The Bertz CT molecular complexity index is 879. The summed E-state index contributed by atoms with van der Waals surface area (Å²) in [5.74, 6) is 7.52. The zero-order valence-corrected chi connectivity index (χ0v) is 16.1. The number of nitrogen functional groups attached to an aromatic ring is 1. The summed E-state index contributed by atoms with van der Waals surface area (Å²) in [5.41, 5.74) is 0.748. The molecule has 0 saturated carbocycles. The molecule has 3 rings (SSSR count). The first kappa shape index (κ1) is 18.3. The van der Waals surface area contributed by atoms with Crippen molar-refractivity contribution >= 4 is 29.0 Å². The van der Waals surface area contributed by atoms with E-state index in [9.17, 15) is 4.79 Å². The average Bonchev–Trinajstić information content (AvgIpc) is 3.29. The molecule has 9 heteroatoms. The van der Waals surface area contributed by atoms with Crippen LogP contribution in [0.3, 0.4) is 0 Å². The topological polar surface area (TPSA) is 86.3 Å². The van der Waals surface area contributed by atoms with Gasteiger partial charge in [-0.3, -0.25) is 4.79 Å². The van der Waals surface area contributed by atoms with E-state index in [0.717, 1.165) is 10.4 Å². The van der Waals surface area contributed by atoms with Gasteiger partial charge < -0.3 is 15.5 Å². The number of nitrogens with two attached hydrogens (primary N) is 1. The van der Waals surface area contributed by atoms with Crippen LogP contribution in [-0.2, 0) is 11.3 Å². The lowest BCUT2D eigenvalue weighted by Gasteiger charge is -2.15. The SMILES string of the molecule is COc1ccccc1-c1nnc(SCC(=O)N(C)Cc2cccs2)n1N. The van der Waals surface area contributed by atoms with Crippen molar-refractivity contribution in [1.82, 2.24) is 19.8 Å². The monoisotopic (exact) mass is 389 g/mol. The molecular formula is C17H19N5O2S2. The van der Waals surface area contributed by atoms with Crippen LogP contribution < -0.4 is 10.6 Å². The smallest absolute Gasteiger partial charge is 0.233 e. The zero-order valence-electron chi connectivity index (χ0n) is 14.5. The first-order chi connectivity index (χ1) is 12.6. The van der Waals surface area contributed by atoms with Gasteiger partial charge in [0.1, 0.15) is 5.75 Å². The molecule has 0 saturated heterocycles. The Morgan fingerprint density at radius 1 is 1.31 bits per heavy atom. The van der Waals surface area contributed by atoms with Gasteiger partial charge in [-0.2, -0.15) is 0 Å². The third-order valence-electron chi connectivity index (χ3n) is 3.74. The molecule has 1 aromatic carbocycles. The molecule has 0 fully saturated rings. The third-order valence-corrected chi connectivity index (χ3v) is 5.53. The average molecular weight is 390 g/mol. The number of carbonyl (C=O) groups is 1. The number of amides is 1. The van der Waals surface area contributed by atoms with Gasteiger partial charge in [0, 0.05) is 11.9 Å². The van der Waals surface area contributed by atoms with Crippen LogP contribution in [0.1, 0.15) is 4.88 Å². The van der Waals surface area contributed by atoms with Crippen LogP contribution in [-0.4, -0.2) is 45.6 Å². The van der Waals surface area contributed by atoms with Gasteiger partial charge in [0.15, 0.2) is 5.82 Å². The van der Waals surface area contributed by atoms with Crippen molar-refractivity contribution in [2.75, 3.05) is 25.8 Å². The van der Waals surface area contributed by atoms with Crippen LogP contribution in [0.25, 0.3) is 11.4 Å². The van der Waals surface area contributed by atoms with Gasteiger partial charge in [0.25, 0.3) is 0 Å². The van der Waals surface area contributed by atoms with Gasteiger partial charge in [0.05, 0.1) is 25.0 Å². The lowest BCUT2D eigenvalue weighted by atomic mass is 10.2. The number of thiophene rings is 1. The van der Waals surface area contributed by atoms with E-state index < -0.39 is 0 Å². The number of rotatable bonds is 7. The molecule has 0 atom stereocenters. The number of methoxy groups -OCH3 is 1. The van der Waals surface area contributed by atoms with Gasteiger partial charge in [-0.25, -0.2) is 4.68 Å². The maximum atomic E-state index is 12.3. The Kier molecular flexibility index (Phi) is 5.79. The molecule has 0 radical (unpaired) electrons. The Morgan fingerprint density at radius 3 is 2.85 bits per heavy atom. The normalized spacial score (nSPS) is 10.7. The second-order valence-electron chi connectivity index (χ2n) is 5.49. The molecule has 26 heavy (non-hydrogen) atoms. The number of ether oxygens (including phenoxy) is 1. The molecule has 0 unspecified atom stereocenters. The van der Waals surface area contributed by atoms with Crippen LogP contribution in [0.15, 0.2) is 46.9 Å². The van der Waals surface area contributed by atoms with Crippen LogP contribution in [0.5, 0.6) is 5.75 Å². The fraction of sp³-hybridized carbons (Fsp3) is 0.235. The summed E-state index contributed by atoms with van der Waals surface area (Å²) in [4.78, 5) is 15.2. The van der Waals surface area contributed by atoms with E-state index in [1.807, 2.05) is 41.8 Å². The molecule has 0 aliphatic heterocycles. The highest BCUT2D eigenvalue weighted by molar-refractivity contribution is 7.99. The minimum atomic E-state index is 0.00485. The molecule has 2 heterocycles. The van der Waals surface area contributed by atoms with Gasteiger partial charge in [-0.15, -0.1) is 21.5 Å². The van der Waals surface area contributed by atoms with E-state index in [-0.39, 0.29) is 11.7 Å². The van der Waals surface area contributed by atoms with E-state index in [2.05, 4.69) is 10.2 Å². The molecule has 0 spiro atoms. The van der Waals surface area contributed by atoms with Gasteiger partial charge >= 0.3 is 0 Å². The van der Waals surface area contributed by atoms with E-state index in [1.54, 1.807) is 30.4 Å². The minimum absolute atomic E-state index is 0.00485. The fourth-order valence-electron chi connectivity index (χ4n) is 2.35. The van der Waals surface area contributed by atoms with Crippen LogP contribution in [0.2, 0.25) is 0 Å². The summed E-state index contributed by atoms with van der Waals surface area (Å²) in [6.07, 6.45) is 0. The lowest BCUT2D eigenvalue weighted by molar-refractivity contribution is -0.127. The summed E-state index contributed by atoms with van der Waals surface area (Å²) in [7, 11) is 3.38. The highest BCUT2D eigenvalue weighted by Gasteiger charge is 2.17. The van der Waals surface area contributed by atoms with Gasteiger partial charge in [-0.05, 0) is 23.6 Å². The van der Waals surface area contributed by atoms with Crippen molar-refractivity contribution in [1.29, 1.82) is 0 Å². The first-order valence-corrected chi connectivity index (χ1v) is 9.69. The molecular weight excluding hydrogens is 370 g/mol. The summed E-state index contributed by atoms with van der Waals surface area (Å²) in [5, 5.41) is 10.7. The number of carbonyl (C=O) groups excluding carboxylic acids is 1. The minimum Gasteiger partial charge on any atom is -0.496 e. The second kappa shape index (κ2) is 8.24. The van der Waals surface area contributed by atoms with Crippen molar-refractivity contribution in [2.24, 2.45) is 0 Å². The number of para-hydroxylation sites is 1. The molecule has 2 N–H and O–H groups in total. The largest absolute Gasteiger partial charge is 0.496 e. The molecule has 0 bridgehead atoms. The fourth-order valence-corrected chi connectivity index (χ4v) is 3.90. The Balaban J connectivity index is 1.66. The van der Waals surface area contributed by atoms with Crippen molar-refractivity contribution < 1.29 is 9.53 Å². The summed E-state index contributed by atoms with van der Waals surface area (Å²) >= 11 is 2.89.